The van der Waals surface area contributed by atoms with Gasteiger partial charge in [-0.05, 0) is 0 Å². The molecule has 1 unspecified atom stereocenters. The van der Waals surface area contributed by atoms with E-state index in [4.69, 9.17) is 7.64 Å². The molecule has 0 fully saturated rings. The quantitative estimate of drug-likeness (QED) is 0.680. The van der Waals surface area contributed by atoms with Gasteiger partial charge < -0.3 is 0 Å². The zero-order valence-electron chi connectivity index (χ0n) is 9.46. The summed E-state index contributed by atoms with van der Waals surface area (Å²) in [5.74, 6) is -0.248. The van der Waals surface area contributed by atoms with E-state index in [1.165, 1.54) is 0 Å². The summed E-state index contributed by atoms with van der Waals surface area (Å²) in [7, 11) is 0. The average molecular weight is 305 g/mol. The Hall–Kier alpha value is -1.61. The molecule has 2 aromatic carbocycles. The van der Waals surface area contributed by atoms with Crippen molar-refractivity contribution in [2.24, 2.45) is 0 Å². The standard InChI is InChI=1S/C14H10O3Se/c15-14-11-6-2-4-8-13(11)18(17-14)12-7-3-1-5-10(12)9-16-18/h1-8H,9H2. The fourth-order valence-electron chi connectivity index (χ4n) is 2.41. The van der Waals surface area contributed by atoms with Gasteiger partial charge in [-0.25, -0.2) is 0 Å². The second-order valence-corrected chi connectivity index (χ2v) is 9.04. The molecular formula is C14H10O3Se. The second-order valence-electron chi connectivity index (χ2n) is 4.24. The average Bonchev–Trinajstić information content (AvgIpc) is 2.92. The van der Waals surface area contributed by atoms with E-state index in [0.717, 1.165) is 14.5 Å². The van der Waals surface area contributed by atoms with Crippen molar-refractivity contribution in [1.29, 1.82) is 0 Å². The van der Waals surface area contributed by atoms with E-state index in [1.807, 2.05) is 48.5 Å². The maximum absolute atomic E-state index is 12.0. The summed E-state index contributed by atoms with van der Waals surface area (Å²) in [6.07, 6.45) is 0. The van der Waals surface area contributed by atoms with Crippen LogP contribution in [0.5, 0.6) is 0 Å². The molecule has 90 valence electrons. The summed E-state index contributed by atoms with van der Waals surface area (Å²) >= 11 is -2.94. The van der Waals surface area contributed by atoms with Crippen molar-refractivity contribution in [1.82, 2.24) is 0 Å². The van der Waals surface area contributed by atoms with Crippen molar-refractivity contribution < 1.29 is 12.4 Å². The van der Waals surface area contributed by atoms with E-state index in [2.05, 4.69) is 0 Å². The van der Waals surface area contributed by atoms with Gasteiger partial charge in [0, 0.05) is 0 Å². The molecule has 0 bridgehead atoms. The minimum atomic E-state index is -2.94. The first kappa shape index (κ1) is 10.3. The predicted octanol–water partition coefficient (Wildman–Crippen LogP) is 0.944. The Balaban J connectivity index is 2.01. The van der Waals surface area contributed by atoms with Gasteiger partial charge in [0.15, 0.2) is 0 Å². The molecule has 0 saturated heterocycles. The zero-order valence-corrected chi connectivity index (χ0v) is 11.2. The van der Waals surface area contributed by atoms with Gasteiger partial charge in [0.2, 0.25) is 0 Å². The fourth-order valence-corrected chi connectivity index (χ4v) is 8.17. The monoisotopic (exact) mass is 306 g/mol. The van der Waals surface area contributed by atoms with Gasteiger partial charge in [-0.2, -0.15) is 0 Å². The molecule has 0 saturated carbocycles. The SMILES string of the molecule is O=C1O[Se]2(OCc3ccccc32)c2ccccc21. The Morgan fingerprint density at radius 2 is 1.67 bits per heavy atom. The normalized spacial score (nSPS) is 27.4. The molecule has 3 nitrogen and oxygen atoms in total. The van der Waals surface area contributed by atoms with Crippen molar-refractivity contribution in [2.45, 2.75) is 6.61 Å². The van der Waals surface area contributed by atoms with Crippen LogP contribution >= 0.6 is 0 Å². The molecular weight excluding hydrogens is 295 g/mol. The molecule has 18 heavy (non-hydrogen) atoms. The van der Waals surface area contributed by atoms with E-state index < -0.39 is 13.5 Å². The first-order valence-corrected chi connectivity index (χ1v) is 8.81. The number of benzene rings is 2. The van der Waals surface area contributed by atoms with Crippen LogP contribution in [0.1, 0.15) is 15.9 Å². The molecule has 4 heteroatoms. The molecule has 2 aromatic rings. The second kappa shape index (κ2) is 3.45. The summed E-state index contributed by atoms with van der Waals surface area (Å²) in [5.41, 5.74) is 1.80. The topological polar surface area (TPSA) is 35.5 Å². The number of fused-ring (bicyclic) bond motifs is 4. The molecule has 2 aliphatic heterocycles. The minimum absolute atomic E-state index is 0.248. The number of rotatable bonds is 0. The van der Waals surface area contributed by atoms with Crippen molar-refractivity contribution in [3.05, 3.63) is 59.7 Å². The molecule has 0 aromatic heterocycles. The van der Waals surface area contributed by atoms with Crippen LogP contribution in [0.3, 0.4) is 0 Å². The van der Waals surface area contributed by atoms with Crippen LogP contribution in [0.2, 0.25) is 0 Å². The van der Waals surface area contributed by atoms with Crippen molar-refractivity contribution >= 4 is 28.4 Å². The van der Waals surface area contributed by atoms with Gasteiger partial charge in [-0.3, -0.25) is 0 Å². The molecule has 1 atom stereocenters. The molecule has 2 aliphatic rings. The fraction of sp³-hybridized carbons (Fsp3) is 0.0714. The Labute approximate surface area is 107 Å². The molecule has 0 N–H and O–H groups in total. The van der Waals surface area contributed by atoms with Crippen LogP contribution in [-0.2, 0) is 14.2 Å². The Bertz CT molecular complexity index is 668. The van der Waals surface area contributed by atoms with Crippen LogP contribution in [0.4, 0.5) is 0 Å². The molecule has 0 aliphatic carbocycles. The van der Waals surface area contributed by atoms with Gasteiger partial charge in [0.1, 0.15) is 0 Å². The predicted molar refractivity (Wildman–Crippen MR) is 68.1 cm³/mol. The Morgan fingerprint density at radius 3 is 2.56 bits per heavy atom. The van der Waals surface area contributed by atoms with Crippen LogP contribution < -0.4 is 8.92 Å². The molecule has 0 amide bonds. The van der Waals surface area contributed by atoms with Crippen LogP contribution in [0.25, 0.3) is 0 Å². The summed E-state index contributed by atoms with van der Waals surface area (Å²) in [4.78, 5) is 12.0. The van der Waals surface area contributed by atoms with Crippen molar-refractivity contribution in [2.75, 3.05) is 0 Å². The van der Waals surface area contributed by atoms with Gasteiger partial charge in [-0.1, -0.05) is 0 Å². The molecule has 2 heterocycles. The van der Waals surface area contributed by atoms with E-state index in [9.17, 15) is 4.79 Å². The van der Waals surface area contributed by atoms with Crippen LogP contribution in [-0.4, -0.2) is 19.5 Å². The maximum atomic E-state index is 12.0. The number of hydrogen-bond donors (Lipinski definition) is 0. The molecule has 1 spiro atoms. The van der Waals surface area contributed by atoms with Gasteiger partial charge in [0.05, 0.1) is 0 Å². The van der Waals surface area contributed by atoms with E-state index >= 15 is 0 Å². The number of carbonyl (C=O) groups is 1. The first-order valence-electron chi connectivity index (χ1n) is 5.70. The third-order valence-corrected chi connectivity index (χ3v) is 9.00. The summed E-state index contributed by atoms with van der Waals surface area (Å²) in [5, 5.41) is 0. The third kappa shape index (κ3) is 1.15. The summed E-state index contributed by atoms with van der Waals surface area (Å²) in [6, 6.07) is 15.6. The number of carbonyl (C=O) groups excluding carboxylic acids is 1. The van der Waals surface area contributed by atoms with Crippen LogP contribution in [0, 0.1) is 0 Å². The molecule has 0 radical (unpaired) electrons. The molecule has 4 rings (SSSR count). The van der Waals surface area contributed by atoms with E-state index in [0.29, 0.717) is 12.2 Å². The van der Waals surface area contributed by atoms with Crippen molar-refractivity contribution in [3.63, 3.8) is 0 Å². The zero-order chi connectivity index (χ0) is 12.2. The van der Waals surface area contributed by atoms with Gasteiger partial charge >= 0.3 is 107 Å². The van der Waals surface area contributed by atoms with E-state index in [1.54, 1.807) is 0 Å². The first-order chi connectivity index (χ1) is 8.81. The van der Waals surface area contributed by atoms with Gasteiger partial charge in [0.25, 0.3) is 0 Å². The Kier molecular flexibility index (Phi) is 1.98. The third-order valence-electron chi connectivity index (χ3n) is 3.23. The number of hydrogen-bond acceptors (Lipinski definition) is 3. The summed E-state index contributed by atoms with van der Waals surface area (Å²) < 4.78 is 13.7. The van der Waals surface area contributed by atoms with Gasteiger partial charge in [-0.15, -0.1) is 0 Å². The van der Waals surface area contributed by atoms with E-state index in [-0.39, 0.29) is 5.97 Å². The van der Waals surface area contributed by atoms with Crippen LogP contribution in [0.15, 0.2) is 48.5 Å². The summed E-state index contributed by atoms with van der Waals surface area (Å²) in [6.45, 7) is 0.539. The Morgan fingerprint density at radius 1 is 0.944 bits per heavy atom. The van der Waals surface area contributed by atoms with Crippen molar-refractivity contribution in [3.8, 4) is 0 Å².